The lowest BCUT2D eigenvalue weighted by Gasteiger charge is -2.24. The van der Waals surface area contributed by atoms with Crippen LogP contribution in [0.1, 0.15) is 11.7 Å². The van der Waals surface area contributed by atoms with Crippen molar-refractivity contribution in [2.75, 3.05) is 19.7 Å². The quantitative estimate of drug-likeness (QED) is 0.470. The van der Waals surface area contributed by atoms with Gasteiger partial charge in [0.25, 0.3) is 0 Å². The van der Waals surface area contributed by atoms with Crippen molar-refractivity contribution in [3.8, 4) is 0 Å². The molecule has 1 aromatic carbocycles. The van der Waals surface area contributed by atoms with Crippen LogP contribution in [-0.4, -0.2) is 19.7 Å². The fourth-order valence-corrected chi connectivity index (χ4v) is 1.66. The Morgan fingerprint density at radius 2 is 1.41 bits per heavy atom. The van der Waals surface area contributed by atoms with Crippen molar-refractivity contribution in [1.82, 2.24) is 5.32 Å². The van der Waals surface area contributed by atoms with Gasteiger partial charge < -0.3 is 10.1 Å². The standard InChI is InChI=1S/C10H8F5NO/c11-6-5(4-3-16-1-2-17-4)7(12)9(14)10(15)8(6)13/h4,16H,1-3H2. The van der Waals surface area contributed by atoms with Gasteiger partial charge >= 0.3 is 0 Å². The van der Waals surface area contributed by atoms with Crippen molar-refractivity contribution in [2.45, 2.75) is 6.10 Å². The van der Waals surface area contributed by atoms with E-state index in [0.29, 0.717) is 6.54 Å². The minimum atomic E-state index is -2.16. The van der Waals surface area contributed by atoms with E-state index in [1.54, 1.807) is 0 Å². The lowest BCUT2D eigenvalue weighted by Crippen LogP contribution is -2.34. The largest absolute Gasteiger partial charge is 0.371 e. The molecule has 0 amide bonds. The third-order valence-electron chi connectivity index (χ3n) is 2.49. The molecule has 1 atom stereocenters. The zero-order chi connectivity index (χ0) is 12.6. The Hall–Kier alpha value is -1.21. The second-order valence-corrected chi connectivity index (χ2v) is 3.55. The van der Waals surface area contributed by atoms with Crippen LogP contribution >= 0.6 is 0 Å². The van der Waals surface area contributed by atoms with Gasteiger partial charge in [0.1, 0.15) is 6.10 Å². The summed E-state index contributed by atoms with van der Waals surface area (Å²) in [6.45, 7) is 0.606. The molecule has 1 aromatic rings. The third-order valence-corrected chi connectivity index (χ3v) is 2.49. The topological polar surface area (TPSA) is 21.3 Å². The van der Waals surface area contributed by atoms with Gasteiger partial charge in [0.15, 0.2) is 23.3 Å². The molecule has 1 heterocycles. The van der Waals surface area contributed by atoms with Gasteiger partial charge in [-0.25, -0.2) is 22.0 Å². The van der Waals surface area contributed by atoms with Crippen LogP contribution < -0.4 is 5.32 Å². The first-order chi connectivity index (χ1) is 8.04. The van der Waals surface area contributed by atoms with E-state index in [-0.39, 0.29) is 13.2 Å². The first-order valence-electron chi connectivity index (χ1n) is 4.87. The molecule has 0 saturated carbocycles. The van der Waals surface area contributed by atoms with Crippen molar-refractivity contribution in [3.05, 3.63) is 34.6 Å². The van der Waals surface area contributed by atoms with E-state index in [1.807, 2.05) is 0 Å². The van der Waals surface area contributed by atoms with Crippen LogP contribution in [0.25, 0.3) is 0 Å². The minimum Gasteiger partial charge on any atom is -0.371 e. The number of morpholine rings is 1. The summed E-state index contributed by atoms with van der Waals surface area (Å²) in [5.74, 6) is -9.74. The van der Waals surface area contributed by atoms with Crippen molar-refractivity contribution in [3.63, 3.8) is 0 Å². The Bertz CT molecular complexity index is 416. The molecular formula is C10H8F5NO. The van der Waals surface area contributed by atoms with Crippen LogP contribution in [0.15, 0.2) is 0 Å². The molecule has 1 aliphatic rings. The van der Waals surface area contributed by atoms with Crippen molar-refractivity contribution < 1.29 is 26.7 Å². The molecule has 7 heteroatoms. The summed E-state index contributed by atoms with van der Waals surface area (Å²) in [4.78, 5) is 0. The number of hydrogen-bond acceptors (Lipinski definition) is 2. The average molecular weight is 253 g/mol. The first-order valence-corrected chi connectivity index (χ1v) is 4.87. The normalized spacial score (nSPS) is 20.6. The Morgan fingerprint density at radius 1 is 0.882 bits per heavy atom. The second kappa shape index (κ2) is 4.58. The lowest BCUT2D eigenvalue weighted by atomic mass is 10.1. The van der Waals surface area contributed by atoms with E-state index in [0.717, 1.165) is 0 Å². The Labute approximate surface area is 93.4 Å². The molecule has 94 valence electrons. The highest BCUT2D eigenvalue weighted by molar-refractivity contribution is 5.26. The highest BCUT2D eigenvalue weighted by atomic mass is 19.2. The summed E-state index contributed by atoms with van der Waals surface area (Å²) >= 11 is 0. The van der Waals surface area contributed by atoms with E-state index in [2.05, 4.69) is 5.32 Å². The SMILES string of the molecule is Fc1c(F)c(F)c(C2CNCCO2)c(F)c1F. The van der Waals surface area contributed by atoms with Gasteiger partial charge in [0.2, 0.25) is 5.82 Å². The van der Waals surface area contributed by atoms with Crippen molar-refractivity contribution in [1.29, 1.82) is 0 Å². The second-order valence-electron chi connectivity index (χ2n) is 3.55. The fraction of sp³-hybridized carbons (Fsp3) is 0.400. The van der Waals surface area contributed by atoms with Gasteiger partial charge in [-0.05, 0) is 0 Å². The van der Waals surface area contributed by atoms with E-state index >= 15 is 0 Å². The van der Waals surface area contributed by atoms with Gasteiger partial charge in [0, 0.05) is 13.1 Å². The highest BCUT2D eigenvalue weighted by Crippen LogP contribution is 2.29. The number of halogens is 5. The van der Waals surface area contributed by atoms with Crippen LogP contribution in [0, 0.1) is 29.1 Å². The summed E-state index contributed by atoms with van der Waals surface area (Å²) in [6, 6.07) is 0. The van der Waals surface area contributed by atoms with E-state index in [9.17, 15) is 22.0 Å². The molecule has 1 saturated heterocycles. The van der Waals surface area contributed by atoms with Crippen LogP contribution in [0.4, 0.5) is 22.0 Å². The summed E-state index contributed by atoms with van der Waals surface area (Å²) in [5, 5.41) is 2.74. The monoisotopic (exact) mass is 253 g/mol. The number of ether oxygens (including phenoxy) is 1. The predicted molar refractivity (Wildman–Crippen MR) is 47.8 cm³/mol. The highest BCUT2D eigenvalue weighted by Gasteiger charge is 2.31. The number of benzene rings is 1. The maximum absolute atomic E-state index is 13.4. The van der Waals surface area contributed by atoms with Crippen molar-refractivity contribution in [2.24, 2.45) is 0 Å². The summed E-state index contributed by atoms with van der Waals surface area (Å²) in [6.07, 6.45) is -1.17. The van der Waals surface area contributed by atoms with Gasteiger partial charge in [-0.2, -0.15) is 0 Å². The molecule has 0 aliphatic carbocycles. The predicted octanol–water partition coefficient (Wildman–Crippen LogP) is 2.04. The van der Waals surface area contributed by atoms with E-state index < -0.39 is 40.8 Å². The van der Waals surface area contributed by atoms with Crippen molar-refractivity contribution >= 4 is 0 Å². The Balaban J connectivity index is 2.52. The summed E-state index contributed by atoms with van der Waals surface area (Å²) in [7, 11) is 0. The van der Waals surface area contributed by atoms with Gasteiger partial charge in [-0.3, -0.25) is 0 Å². The number of rotatable bonds is 1. The Morgan fingerprint density at radius 3 is 1.88 bits per heavy atom. The molecule has 1 aliphatic heterocycles. The van der Waals surface area contributed by atoms with Crippen LogP contribution in [-0.2, 0) is 4.74 Å². The fourth-order valence-electron chi connectivity index (χ4n) is 1.66. The molecule has 2 nitrogen and oxygen atoms in total. The smallest absolute Gasteiger partial charge is 0.200 e. The lowest BCUT2D eigenvalue weighted by molar-refractivity contribution is 0.0220. The number of hydrogen-bond donors (Lipinski definition) is 1. The summed E-state index contributed by atoms with van der Waals surface area (Å²) < 4.78 is 70.3. The molecule has 0 aromatic heterocycles. The zero-order valence-electron chi connectivity index (χ0n) is 8.50. The molecule has 1 N–H and O–H groups in total. The molecular weight excluding hydrogens is 245 g/mol. The molecule has 1 fully saturated rings. The maximum atomic E-state index is 13.4. The Kier molecular flexibility index (Phi) is 3.30. The van der Waals surface area contributed by atoms with E-state index in [1.165, 1.54) is 0 Å². The van der Waals surface area contributed by atoms with Gasteiger partial charge in [-0.15, -0.1) is 0 Å². The zero-order valence-corrected chi connectivity index (χ0v) is 8.50. The van der Waals surface area contributed by atoms with Gasteiger partial charge in [0.05, 0.1) is 12.2 Å². The molecule has 2 rings (SSSR count). The number of nitrogens with one attached hydrogen (secondary N) is 1. The van der Waals surface area contributed by atoms with Crippen LogP contribution in [0.5, 0.6) is 0 Å². The molecule has 0 bridgehead atoms. The van der Waals surface area contributed by atoms with Crippen LogP contribution in [0.3, 0.4) is 0 Å². The maximum Gasteiger partial charge on any atom is 0.200 e. The molecule has 1 unspecified atom stereocenters. The third kappa shape index (κ3) is 2.00. The van der Waals surface area contributed by atoms with Crippen LogP contribution in [0.2, 0.25) is 0 Å². The average Bonchev–Trinajstić information content (AvgIpc) is 2.36. The first kappa shape index (κ1) is 12.3. The minimum absolute atomic E-state index is 0.00163. The molecule has 17 heavy (non-hydrogen) atoms. The summed E-state index contributed by atoms with van der Waals surface area (Å²) in [5.41, 5.74) is -0.923. The molecule has 0 radical (unpaired) electrons. The molecule has 0 spiro atoms. The van der Waals surface area contributed by atoms with Gasteiger partial charge in [-0.1, -0.05) is 0 Å². The van der Waals surface area contributed by atoms with E-state index in [4.69, 9.17) is 4.74 Å².